The monoisotopic (exact) mass is 547 g/mol. The molecule has 0 radical (unpaired) electrons. The van der Waals surface area contributed by atoms with E-state index in [0.717, 1.165) is 22.0 Å². The van der Waals surface area contributed by atoms with Gasteiger partial charge in [0.1, 0.15) is 5.56 Å². The molecule has 0 atom stereocenters. The normalized spacial score (nSPS) is 11.8. The first-order valence-corrected chi connectivity index (χ1v) is 13.5. The molecule has 3 rings (SSSR count). The Hall–Kier alpha value is -2.49. The molecule has 0 aliphatic carbocycles. The van der Waals surface area contributed by atoms with Gasteiger partial charge in [0.05, 0.1) is 17.1 Å². The molecule has 34 heavy (non-hydrogen) atoms. The van der Waals surface area contributed by atoms with E-state index in [0.29, 0.717) is 24.2 Å². The van der Waals surface area contributed by atoms with Crippen LogP contribution >= 0.6 is 15.9 Å². The molecule has 0 saturated carbocycles. The summed E-state index contributed by atoms with van der Waals surface area (Å²) in [5.74, 6) is -0.515. The lowest BCUT2D eigenvalue weighted by Crippen LogP contribution is -2.38. The molecule has 2 aromatic carbocycles. The second kappa shape index (κ2) is 10.8. The fourth-order valence-corrected chi connectivity index (χ4v) is 5.49. The second-order valence-electron chi connectivity index (χ2n) is 8.25. The quantitative estimate of drug-likeness (QED) is 0.369. The summed E-state index contributed by atoms with van der Waals surface area (Å²) in [5, 5.41) is 3.07. The van der Waals surface area contributed by atoms with Crippen LogP contribution in [0.4, 0.5) is 0 Å². The lowest BCUT2D eigenvalue weighted by Gasteiger charge is -2.21. The molecule has 1 aromatic heterocycles. The van der Waals surface area contributed by atoms with Gasteiger partial charge < -0.3 is 0 Å². The first-order chi connectivity index (χ1) is 16.1. The molecule has 0 unspecified atom stereocenters. The van der Waals surface area contributed by atoms with Crippen molar-refractivity contribution in [1.29, 1.82) is 0 Å². The number of hydrogen-bond donors (Lipinski definition) is 1. The van der Waals surface area contributed by atoms with Crippen LogP contribution in [0.5, 0.6) is 0 Å². The molecule has 9 heteroatoms. The van der Waals surface area contributed by atoms with Gasteiger partial charge in [-0.2, -0.15) is 4.31 Å². The van der Waals surface area contributed by atoms with E-state index in [9.17, 15) is 18.0 Å². The lowest BCUT2D eigenvalue weighted by molar-refractivity contribution is 0.0964. The van der Waals surface area contributed by atoms with E-state index < -0.39 is 27.9 Å². The van der Waals surface area contributed by atoms with Gasteiger partial charge in [0.15, 0.2) is 5.78 Å². The number of rotatable bonds is 10. The molecule has 0 fully saturated rings. The third kappa shape index (κ3) is 5.26. The van der Waals surface area contributed by atoms with Crippen LogP contribution in [0.3, 0.4) is 0 Å². The zero-order valence-corrected chi connectivity index (χ0v) is 22.3. The smallest absolute Gasteiger partial charge is 0.282 e. The maximum absolute atomic E-state index is 13.4. The molecule has 0 spiro atoms. The number of carbonyl (C=O) groups is 1. The van der Waals surface area contributed by atoms with Crippen molar-refractivity contribution in [2.45, 2.75) is 51.9 Å². The fourth-order valence-electron chi connectivity index (χ4n) is 3.79. The maximum Gasteiger partial charge on any atom is 0.282 e. The summed E-state index contributed by atoms with van der Waals surface area (Å²) in [6, 6.07) is 11.9. The average Bonchev–Trinajstić information content (AvgIpc) is 3.14. The van der Waals surface area contributed by atoms with Crippen molar-refractivity contribution in [3.05, 3.63) is 79.7 Å². The van der Waals surface area contributed by atoms with Crippen molar-refractivity contribution in [3.63, 3.8) is 0 Å². The number of hydrogen-bond acceptors (Lipinski definition) is 4. The topological polar surface area (TPSA) is 92.2 Å². The number of aromatic amines is 1. The van der Waals surface area contributed by atoms with Crippen LogP contribution in [-0.2, 0) is 16.4 Å². The Balaban J connectivity index is 2.02. The summed E-state index contributed by atoms with van der Waals surface area (Å²) in [6.45, 7) is 7.48. The van der Waals surface area contributed by atoms with E-state index in [1.54, 1.807) is 12.1 Å². The van der Waals surface area contributed by atoms with Gasteiger partial charge in [-0.05, 0) is 68.1 Å². The zero-order valence-electron chi connectivity index (χ0n) is 19.9. The van der Waals surface area contributed by atoms with Gasteiger partial charge in [0.25, 0.3) is 5.56 Å². The van der Waals surface area contributed by atoms with E-state index in [2.05, 4.69) is 21.0 Å². The highest BCUT2D eigenvalue weighted by Gasteiger charge is 2.30. The molecule has 1 N–H and O–H groups in total. The molecule has 182 valence electrons. The summed E-state index contributed by atoms with van der Waals surface area (Å²) < 4.78 is 30.0. The number of halogens is 1. The predicted octanol–water partition coefficient (Wildman–Crippen LogP) is 4.78. The van der Waals surface area contributed by atoms with E-state index >= 15 is 0 Å². The van der Waals surface area contributed by atoms with Crippen LogP contribution in [0.2, 0.25) is 0 Å². The van der Waals surface area contributed by atoms with Gasteiger partial charge in [-0.3, -0.25) is 14.7 Å². The first kappa shape index (κ1) is 26.1. The van der Waals surface area contributed by atoms with Gasteiger partial charge >= 0.3 is 0 Å². The van der Waals surface area contributed by atoms with Gasteiger partial charge in [-0.15, -0.1) is 0 Å². The second-order valence-corrected chi connectivity index (χ2v) is 11.1. The number of Topliss-reactive ketones (excluding diaryl/α,β-unsaturated/α-hetero) is 1. The third-order valence-electron chi connectivity index (χ3n) is 5.95. The number of aromatic nitrogens is 2. The number of aryl methyl sites for hydroxylation is 2. The van der Waals surface area contributed by atoms with Crippen molar-refractivity contribution in [2.75, 3.05) is 13.1 Å². The van der Waals surface area contributed by atoms with Crippen LogP contribution in [-0.4, -0.2) is 41.4 Å². The van der Waals surface area contributed by atoms with E-state index in [-0.39, 0.29) is 17.0 Å². The molecule has 3 aromatic rings. The summed E-state index contributed by atoms with van der Waals surface area (Å²) in [7, 11) is -3.91. The van der Waals surface area contributed by atoms with Crippen molar-refractivity contribution in [2.24, 2.45) is 0 Å². The largest absolute Gasteiger partial charge is 0.294 e. The predicted molar refractivity (Wildman–Crippen MR) is 137 cm³/mol. The SMILES string of the molecule is CCCCN(CC(=O)c1c(CC)[nH]n(-c2cccc(C)c2C)c1=O)S(=O)(=O)c1ccc(Br)cc1. The number of nitrogens with one attached hydrogen (secondary N) is 1. The highest BCUT2D eigenvalue weighted by molar-refractivity contribution is 9.10. The Labute approximate surface area is 209 Å². The Bertz CT molecular complexity index is 1340. The van der Waals surface area contributed by atoms with Crippen LogP contribution in [0, 0.1) is 13.8 Å². The Morgan fingerprint density at radius 1 is 1.09 bits per heavy atom. The van der Waals surface area contributed by atoms with Gasteiger partial charge in [-0.1, -0.05) is 48.3 Å². The van der Waals surface area contributed by atoms with Crippen molar-refractivity contribution in [1.82, 2.24) is 14.1 Å². The molecular formula is C25H30BrN3O4S. The fraction of sp³-hybridized carbons (Fsp3) is 0.360. The minimum absolute atomic E-state index is 0.0101. The minimum atomic E-state index is -3.91. The number of unbranched alkanes of at least 4 members (excludes halogenated alkanes) is 1. The molecule has 0 bridgehead atoms. The standard InChI is InChI=1S/C25H30BrN3O4S/c1-5-7-15-28(34(32,33)20-13-11-19(26)12-14-20)16-23(30)24-21(6-2)27-29(25(24)31)22-10-8-9-17(3)18(22)4/h8-14,27H,5-7,15-16H2,1-4H3. The Morgan fingerprint density at radius 2 is 1.76 bits per heavy atom. The Morgan fingerprint density at radius 3 is 2.38 bits per heavy atom. The summed E-state index contributed by atoms with van der Waals surface area (Å²) in [6.07, 6.45) is 1.80. The number of benzene rings is 2. The molecule has 0 aliphatic heterocycles. The van der Waals surface area contributed by atoms with Gasteiger partial charge in [0, 0.05) is 16.7 Å². The molecule has 0 aliphatic rings. The number of carbonyl (C=O) groups excluding carboxylic acids is 1. The van der Waals surface area contributed by atoms with Crippen LogP contribution in [0.25, 0.3) is 5.69 Å². The molecule has 0 amide bonds. The minimum Gasteiger partial charge on any atom is -0.294 e. The van der Waals surface area contributed by atoms with Crippen LogP contribution in [0.15, 0.2) is 56.6 Å². The summed E-state index contributed by atoms with van der Waals surface area (Å²) in [5.41, 5.74) is 2.66. The van der Waals surface area contributed by atoms with Crippen molar-refractivity contribution >= 4 is 31.7 Å². The maximum atomic E-state index is 13.4. The first-order valence-electron chi connectivity index (χ1n) is 11.3. The van der Waals surface area contributed by atoms with E-state index in [1.807, 2.05) is 45.9 Å². The number of sulfonamides is 1. The highest BCUT2D eigenvalue weighted by atomic mass is 79.9. The zero-order chi connectivity index (χ0) is 25.0. The Kier molecular flexibility index (Phi) is 8.33. The van der Waals surface area contributed by atoms with Crippen molar-refractivity contribution in [3.8, 4) is 5.69 Å². The number of nitrogens with zero attached hydrogens (tertiary/aromatic N) is 2. The molecule has 0 saturated heterocycles. The van der Waals surface area contributed by atoms with Gasteiger partial charge in [0.2, 0.25) is 10.0 Å². The molecular weight excluding hydrogens is 518 g/mol. The highest BCUT2D eigenvalue weighted by Crippen LogP contribution is 2.21. The number of H-pyrrole nitrogens is 1. The summed E-state index contributed by atoms with van der Waals surface area (Å²) in [4.78, 5) is 26.9. The molecule has 1 heterocycles. The van der Waals surface area contributed by atoms with Crippen LogP contribution in [0.1, 0.15) is 53.9 Å². The molecule has 7 nitrogen and oxygen atoms in total. The average molecular weight is 549 g/mol. The third-order valence-corrected chi connectivity index (χ3v) is 8.34. The van der Waals surface area contributed by atoms with Crippen LogP contribution < -0.4 is 5.56 Å². The number of ketones is 1. The van der Waals surface area contributed by atoms with E-state index in [1.165, 1.54) is 21.1 Å². The van der Waals surface area contributed by atoms with Crippen molar-refractivity contribution < 1.29 is 13.2 Å². The van der Waals surface area contributed by atoms with Gasteiger partial charge in [-0.25, -0.2) is 13.1 Å². The lowest BCUT2D eigenvalue weighted by atomic mass is 10.1. The summed E-state index contributed by atoms with van der Waals surface area (Å²) >= 11 is 3.31. The van der Waals surface area contributed by atoms with E-state index in [4.69, 9.17) is 0 Å².